The average molecular weight is 384 g/mol. The van der Waals surface area contributed by atoms with Gasteiger partial charge in [0.05, 0.1) is 5.54 Å². The maximum absolute atomic E-state index is 12.5. The van der Waals surface area contributed by atoms with E-state index < -0.39 is 0 Å². The Morgan fingerprint density at radius 1 is 1.30 bits per heavy atom. The van der Waals surface area contributed by atoms with Crippen LogP contribution in [-0.2, 0) is 6.42 Å². The summed E-state index contributed by atoms with van der Waals surface area (Å²) in [5.74, 6) is 0. The molecule has 5 heteroatoms. The molecule has 27 heavy (non-hydrogen) atoms. The Kier molecular flexibility index (Phi) is 6.34. The summed E-state index contributed by atoms with van der Waals surface area (Å²) in [4.78, 5) is 14.7. The van der Waals surface area contributed by atoms with Crippen LogP contribution >= 0.6 is 11.3 Å². The maximum atomic E-state index is 12.5. The highest BCUT2D eigenvalue weighted by Crippen LogP contribution is 2.27. The fraction of sp³-hybridized carbons (Fsp3) is 0.409. The van der Waals surface area contributed by atoms with Crippen molar-refractivity contribution in [3.63, 3.8) is 0 Å². The number of rotatable bonds is 7. The Morgan fingerprint density at radius 2 is 2.11 bits per heavy atom. The van der Waals surface area contributed by atoms with E-state index in [1.54, 1.807) is 11.3 Å². The second-order valence-corrected chi connectivity index (χ2v) is 8.33. The second kappa shape index (κ2) is 8.72. The van der Waals surface area contributed by atoms with Crippen LogP contribution in [0.1, 0.15) is 25.3 Å². The smallest absolute Gasteiger partial charge is 0.315 e. The van der Waals surface area contributed by atoms with Gasteiger partial charge in [0.25, 0.3) is 0 Å². The van der Waals surface area contributed by atoms with Crippen molar-refractivity contribution in [3.05, 3.63) is 59.5 Å². The first-order valence-electron chi connectivity index (χ1n) is 9.55. The van der Waals surface area contributed by atoms with Crippen LogP contribution in [-0.4, -0.2) is 43.2 Å². The fourth-order valence-electron chi connectivity index (χ4n) is 3.47. The highest BCUT2D eigenvalue weighted by atomic mass is 32.1. The number of hydrogen-bond donors (Lipinski definition) is 2. The van der Waals surface area contributed by atoms with Crippen LogP contribution in [0, 0.1) is 0 Å². The molecule has 0 bridgehead atoms. The molecule has 0 spiro atoms. The number of carbonyl (C=O) groups excluding carboxylic acids is 1. The normalized spacial score (nSPS) is 20.1. The monoisotopic (exact) mass is 383 g/mol. The van der Waals surface area contributed by atoms with Gasteiger partial charge in [-0.15, -0.1) is 11.3 Å². The van der Waals surface area contributed by atoms with Crippen molar-refractivity contribution >= 4 is 27.5 Å². The molecule has 1 aromatic heterocycles. The van der Waals surface area contributed by atoms with Crippen LogP contribution in [0.25, 0.3) is 10.1 Å². The van der Waals surface area contributed by atoms with Gasteiger partial charge in [0.15, 0.2) is 0 Å². The molecule has 2 atom stereocenters. The number of thiophene rings is 1. The van der Waals surface area contributed by atoms with E-state index >= 15 is 0 Å². The fourth-order valence-corrected chi connectivity index (χ4v) is 4.45. The Labute approximate surface area is 165 Å². The predicted molar refractivity (Wildman–Crippen MR) is 115 cm³/mol. The summed E-state index contributed by atoms with van der Waals surface area (Å²) in [6, 6.07) is 8.66. The first-order chi connectivity index (χ1) is 13.0. The third-order valence-corrected chi connectivity index (χ3v) is 6.40. The van der Waals surface area contributed by atoms with E-state index in [2.05, 4.69) is 78.4 Å². The van der Waals surface area contributed by atoms with Gasteiger partial charge in [0, 0.05) is 17.3 Å². The topological polar surface area (TPSA) is 44.4 Å². The van der Waals surface area contributed by atoms with Crippen LogP contribution in [0.4, 0.5) is 4.79 Å². The van der Waals surface area contributed by atoms with Gasteiger partial charge in [0.1, 0.15) is 0 Å². The Balaban J connectivity index is 1.60. The van der Waals surface area contributed by atoms with E-state index in [-0.39, 0.29) is 17.6 Å². The zero-order valence-electron chi connectivity index (χ0n) is 16.4. The highest BCUT2D eigenvalue weighted by Gasteiger charge is 2.27. The lowest BCUT2D eigenvalue weighted by Gasteiger charge is -2.32. The summed E-state index contributed by atoms with van der Waals surface area (Å²) in [5.41, 5.74) is 1.08. The molecule has 3 rings (SSSR count). The number of allylic oxidation sites excluding steroid dienone is 2. The third-order valence-electron chi connectivity index (χ3n) is 5.38. The molecule has 2 aromatic rings. The maximum Gasteiger partial charge on any atom is 0.315 e. The van der Waals surface area contributed by atoms with Gasteiger partial charge < -0.3 is 15.5 Å². The molecule has 1 aliphatic carbocycles. The molecule has 2 amide bonds. The number of nitrogens with one attached hydrogen (secondary N) is 2. The minimum atomic E-state index is -0.268. The molecule has 1 aromatic carbocycles. The lowest BCUT2D eigenvalue weighted by atomic mass is 9.89. The van der Waals surface area contributed by atoms with Gasteiger partial charge in [-0.25, -0.2) is 4.79 Å². The van der Waals surface area contributed by atoms with E-state index in [0.29, 0.717) is 6.54 Å². The Hall–Kier alpha value is -2.11. The summed E-state index contributed by atoms with van der Waals surface area (Å²) < 4.78 is 1.32. The van der Waals surface area contributed by atoms with Gasteiger partial charge in [-0.2, -0.15) is 0 Å². The van der Waals surface area contributed by atoms with Crippen LogP contribution < -0.4 is 10.6 Å². The van der Waals surface area contributed by atoms with Crippen molar-refractivity contribution in [2.24, 2.45) is 0 Å². The summed E-state index contributed by atoms with van der Waals surface area (Å²) in [6.45, 7) is 2.72. The van der Waals surface area contributed by atoms with Crippen molar-refractivity contribution in [1.82, 2.24) is 15.5 Å². The predicted octanol–water partition coefficient (Wildman–Crippen LogP) is 4.34. The number of benzene rings is 1. The van der Waals surface area contributed by atoms with E-state index in [4.69, 9.17) is 0 Å². The highest BCUT2D eigenvalue weighted by molar-refractivity contribution is 7.17. The van der Waals surface area contributed by atoms with Crippen molar-refractivity contribution < 1.29 is 4.79 Å². The minimum absolute atomic E-state index is 0.0983. The number of amides is 2. The second-order valence-electron chi connectivity index (χ2n) is 7.41. The molecule has 0 saturated carbocycles. The SMILES string of the molecule is CC[C@]1(NC(=O)NCC(Cc2csc3ccccc23)N(C)C)C=CC=CC1. The average Bonchev–Trinajstić information content (AvgIpc) is 3.08. The van der Waals surface area contributed by atoms with Crippen LogP contribution in [0.2, 0.25) is 0 Å². The molecule has 1 unspecified atom stereocenters. The molecule has 4 nitrogen and oxygen atoms in total. The molecule has 2 N–H and O–H groups in total. The standard InChI is InChI=1S/C22H29N3OS/c1-4-22(12-8-5-9-13-22)24-21(26)23-15-18(25(2)3)14-17-16-27-20-11-7-6-10-19(17)20/h5-12,16,18H,4,13-15H2,1-3H3,(H2,23,24,26)/t18?,22-/m0/s1. The minimum Gasteiger partial charge on any atom is -0.337 e. The van der Waals surface area contributed by atoms with E-state index in [1.807, 2.05) is 12.2 Å². The number of urea groups is 1. The zero-order chi connectivity index (χ0) is 19.3. The lowest BCUT2D eigenvalue weighted by Crippen LogP contribution is -2.53. The molecule has 1 aliphatic rings. The molecule has 1 heterocycles. The van der Waals surface area contributed by atoms with Crippen LogP contribution in [0.5, 0.6) is 0 Å². The zero-order valence-corrected chi connectivity index (χ0v) is 17.2. The Morgan fingerprint density at radius 3 is 2.81 bits per heavy atom. The van der Waals surface area contributed by atoms with Crippen molar-refractivity contribution in [2.75, 3.05) is 20.6 Å². The number of likely N-dealkylation sites (N-methyl/N-ethyl adjacent to an activating group) is 1. The van der Waals surface area contributed by atoms with Crippen molar-refractivity contribution in [1.29, 1.82) is 0 Å². The van der Waals surface area contributed by atoms with Gasteiger partial charge >= 0.3 is 6.03 Å². The first kappa shape index (κ1) is 19.6. The molecular weight excluding hydrogens is 354 g/mol. The van der Waals surface area contributed by atoms with Gasteiger partial charge in [0.2, 0.25) is 0 Å². The van der Waals surface area contributed by atoms with E-state index in [9.17, 15) is 4.79 Å². The number of hydrogen-bond acceptors (Lipinski definition) is 3. The number of fused-ring (bicyclic) bond motifs is 1. The molecule has 0 radical (unpaired) electrons. The summed E-state index contributed by atoms with van der Waals surface area (Å²) in [6.07, 6.45) is 10.9. The summed E-state index contributed by atoms with van der Waals surface area (Å²) in [5, 5.41) is 9.81. The molecular formula is C22H29N3OS. The van der Waals surface area contributed by atoms with Gasteiger partial charge in [-0.3, -0.25) is 0 Å². The van der Waals surface area contributed by atoms with Crippen LogP contribution in [0.3, 0.4) is 0 Å². The first-order valence-corrected chi connectivity index (χ1v) is 10.4. The molecule has 0 saturated heterocycles. The summed E-state index contributed by atoms with van der Waals surface area (Å²) in [7, 11) is 4.14. The van der Waals surface area contributed by atoms with Gasteiger partial charge in [-0.05, 0) is 55.8 Å². The molecule has 0 aliphatic heterocycles. The largest absolute Gasteiger partial charge is 0.337 e. The van der Waals surface area contributed by atoms with Gasteiger partial charge in [-0.1, -0.05) is 49.4 Å². The Bertz CT molecular complexity index is 839. The van der Waals surface area contributed by atoms with Crippen LogP contribution in [0.15, 0.2) is 53.9 Å². The van der Waals surface area contributed by atoms with Crippen molar-refractivity contribution in [2.45, 2.75) is 37.8 Å². The quantitative estimate of drug-likeness (QED) is 0.747. The summed E-state index contributed by atoms with van der Waals surface area (Å²) >= 11 is 1.79. The molecule has 144 valence electrons. The molecule has 0 fully saturated rings. The third kappa shape index (κ3) is 4.79. The number of carbonyl (C=O) groups is 1. The van der Waals surface area contributed by atoms with E-state index in [1.165, 1.54) is 15.6 Å². The lowest BCUT2D eigenvalue weighted by molar-refractivity contribution is 0.222. The van der Waals surface area contributed by atoms with E-state index in [0.717, 1.165) is 19.3 Å². The van der Waals surface area contributed by atoms with Crippen molar-refractivity contribution in [3.8, 4) is 0 Å². The number of nitrogens with zero attached hydrogens (tertiary/aromatic N) is 1.